The highest BCUT2D eigenvalue weighted by Gasteiger charge is 2.32. The maximum atomic E-state index is 14.9. The van der Waals surface area contributed by atoms with Gasteiger partial charge in [-0.3, -0.25) is 4.79 Å². The molecule has 1 heterocycles. The number of hydrogen-bond acceptors (Lipinski definition) is 17. The first kappa shape index (κ1) is 46.0. The van der Waals surface area contributed by atoms with Crippen molar-refractivity contribution in [2.24, 2.45) is 0 Å². The van der Waals surface area contributed by atoms with Crippen LogP contribution >= 0.6 is 0 Å². The molecule has 8 aromatic rings. The molecule has 0 aliphatic carbocycles. The average Bonchev–Trinajstić information content (AvgIpc) is 3.31. The highest BCUT2D eigenvalue weighted by molar-refractivity contribution is 7.88. The van der Waals surface area contributed by atoms with E-state index in [4.69, 9.17) is 25.3 Å². The summed E-state index contributed by atoms with van der Waals surface area (Å²) in [5.74, 6) is -5.10. The molecule has 0 bridgehead atoms. The van der Waals surface area contributed by atoms with Crippen molar-refractivity contribution < 1.29 is 67.4 Å². The lowest BCUT2D eigenvalue weighted by Crippen LogP contribution is -2.18. The first-order valence-corrected chi connectivity index (χ1v) is 26.1. The molecule has 7 aromatic carbocycles. The van der Waals surface area contributed by atoms with Gasteiger partial charge in [-0.25, -0.2) is 0 Å². The van der Waals surface area contributed by atoms with Crippen molar-refractivity contribution in [2.75, 3.05) is 0 Å². The predicted molar refractivity (Wildman–Crippen MR) is 239 cm³/mol. The van der Waals surface area contributed by atoms with Crippen molar-refractivity contribution >= 4 is 61.6 Å². The Kier molecular flexibility index (Phi) is 12.4. The van der Waals surface area contributed by atoms with Crippen LogP contribution in [0.25, 0.3) is 22.3 Å². The summed E-state index contributed by atoms with van der Waals surface area (Å²) in [5.41, 5.74) is -2.53. The zero-order chi connectivity index (χ0) is 47.6. The molecule has 0 saturated heterocycles. The van der Waals surface area contributed by atoms with Gasteiger partial charge in [-0.05, 0) is 78.9 Å². The van der Waals surface area contributed by atoms with Gasteiger partial charge in [-0.1, -0.05) is 91.0 Å². The van der Waals surface area contributed by atoms with Crippen LogP contribution in [0.4, 0.5) is 0 Å². The van der Waals surface area contributed by atoms with Crippen LogP contribution in [0, 0.1) is 0 Å². The summed E-state index contributed by atoms with van der Waals surface area (Å²) >= 11 is 0. The van der Waals surface area contributed by atoms with Gasteiger partial charge in [0.1, 0.15) is 35.4 Å². The molecule has 0 fully saturated rings. The summed E-state index contributed by atoms with van der Waals surface area (Å²) in [5, 5.41) is -0.803. The lowest BCUT2D eigenvalue weighted by Gasteiger charge is -2.17. The fourth-order valence-electron chi connectivity index (χ4n) is 6.17. The van der Waals surface area contributed by atoms with Gasteiger partial charge >= 0.3 is 50.6 Å². The van der Waals surface area contributed by atoms with Gasteiger partial charge in [-0.2, -0.15) is 42.1 Å². The molecule has 342 valence electrons. The van der Waals surface area contributed by atoms with Crippen LogP contribution in [0.5, 0.6) is 28.7 Å². The Morgan fingerprint density at radius 2 is 0.701 bits per heavy atom. The first-order valence-electron chi connectivity index (χ1n) is 19.1. The van der Waals surface area contributed by atoms with Crippen LogP contribution in [-0.2, 0) is 50.6 Å². The molecule has 1 aromatic heterocycles. The SMILES string of the molecule is O=c1c(OS(=O)(=O)c2ccccc2)c(-c2ccc(OS(=O)(=O)c3ccccc3)c(OS(=O)(=O)c3ccccc3)c2)oc2cc(OS(=O)(=O)c3ccccc3)cc(OS(=O)(=O)c3ccccc3)c12. The van der Waals surface area contributed by atoms with E-state index in [-0.39, 0.29) is 14.7 Å². The molecule has 17 nitrogen and oxygen atoms in total. The molecule has 0 atom stereocenters. The monoisotopic (exact) mass is 1000 g/mol. The number of fused-ring (bicyclic) bond motifs is 1. The second-order valence-electron chi connectivity index (χ2n) is 13.8. The molecule has 0 aliphatic heterocycles. The van der Waals surface area contributed by atoms with Gasteiger partial charge in [0.15, 0.2) is 28.8 Å². The van der Waals surface area contributed by atoms with Crippen molar-refractivity contribution in [3.05, 3.63) is 192 Å². The lowest BCUT2D eigenvalue weighted by molar-refractivity contribution is 0.449. The molecule has 0 aliphatic rings. The van der Waals surface area contributed by atoms with Crippen molar-refractivity contribution in [2.45, 2.75) is 24.5 Å². The Hall–Kier alpha value is -7.50. The van der Waals surface area contributed by atoms with Crippen LogP contribution in [-0.4, -0.2) is 42.1 Å². The number of benzene rings is 7. The van der Waals surface area contributed by atoms with Gasteiger partial charge in [0.2, 0.25) is 11.2 Å². The van der Waals surface area contributed by atoms with Gasteiger partial charge in [0.05, 0.1) is 0 Å². The topological polar surface area (TPSA) is 247 Å². The molecule has 0 radical (unpaired) electrons. The molecule has 0 N–H and O–H groups in total. The third-order valence-corrected chi connectivity index (χ3v) is 15.5. The van der Waals surface area contributed by atoms with Gasteiger partial charge < -0.3 is 25.3 Å². The van der Waals surface area contributed by atoms with E-state index in [1.54, 1.807) is 6.07 Å². The summed E-state index contributed by atoms with van der Waals surface area (Å²) in [7, 11) is -24.0. The maximum absolute atomic E-state index is 14.9. The predicted octanol–water partition coefficient (Wildman–Crippen LogP) is 7.30. The second kappa shape index (κ2) is 18.1. The number of rotatable bonds is 16. The maximum Gasteiger partial charge on any atom is 0.339 e. The van der Waals surface area contributed by atoms with Crippen molar-refractivity contribution in [1.82, 2.24) is 0 Å². The first-order chi connectivity index (χ1) is 31.8. The molecule has 8 rings (SSSR count). The Balaban J connectivity index is 1.39. The lowest BCUT2D eigenvalue weighted by atomic mass is 10.1. The fraction of sp³-hybridized carbons (Fsp3) is 0. The van der Waals surface area contributed by atoms with Crippen molar-refractivity contribution in [1.29, 1.82) is 0 Å². The third-order valence-electron chi connectivity index (χ3n) is 9.25. The summed E-state index contributed by atoms with van der Waals surface area (Å²) in [4.78, 5) is 13.0. The van der Waals surface area contributed by atoms with Gasteiger partial charge in [0.25, 0.3) is 0 Å². The van der Waals surface area contributed by atoms with E-state index in [9.17, 15) is 46.9 Å². The standard InChI is InChI=1S/C45H30O17S5/c46-43-42-40(29-32(58-63(47,48)33-16-6-1-7-17-33)30-41(42)61-66(53,54)36-22-12-4-13-23-36)57-44(45(43)62-67(55,56)37-24-14-5-15-25-37)31-26-27-38(59-64(49,50)34-18-8-2-9-19-34)39(28-31)60-65(51,52)35-20-10-3-11-21-35/h1-30H. The average molecular weight is 1000 g/mol. The summed E-state index contributed by atoms with van der Waals surface area (Å²) < 4.78 is 169. The summed E-state index contributed by atoms with van der Waals surface area (Å²) in [6.45, 7) is 0. The fourth-order valence-corrected chi connectivity index (χ4v) is 10.9. The Morgan fingerprint density at radius 1 is 0.343 bits per heavy atom. The highest BCUT2D eigenvalue weighted by Crippen LogP contribution is 2.42. The van der Waals surface area contributed by atoms with E-state index in [2.05, 4.69) is 0 Å². The smallest absolute Gasteiger partial charge is 0.339 e. The zero-order valence-corrected chi connectivity index (χ0v) is 37.9. The third kappa shape index (κ3) is 10.0. The largest absolute Gasteiger partial charge is 0.452 e. The van der Waals surface area contributed by atoms with E-state index < -0.39 is 117 Å². The van der Waals surface area contributed by atoms with Crippen LogP contribution < -0.4 is 26.3 Å². The van der Waals surface area contributed by atoms with Crippen LogP contribution in [0.3, 0.4) is 0 Å². The minimum absolute atomic E-state index is 0.332. The van der Waals surface area contributed by atoms with Gasteiger partial charge in [0, 0.05) is 17.7 Å². The molecule has 0 amide bonds. The molecule has 0 saturated carbocycles. The highest BCUT2D eigenvalue weighted by atomic mass is 32.2. The minimum Gasteiger partial charge on any atom is -0.452 e. The minimum atomic E-state index is -4.98. The molecule has 67 heavy (non-hydrogen) atoms. The number of hydrogen-bond donors (Lipinski definition) is 0. The Bertz CT molecular complexity index is 3780. The molecular weight excluding hydrogens is 973 g/mol. The van der Waals surface area contributed by atoms with E-state index in [1.165, 1.54) is 121 Å². The van der Waals surface area contributed by atoms with E-state index in [0.29, 0.717) is 0 Å². The summed E-state index contributed by atoms with van der Waals surface area (Å²) in [6.07, 6.45) is 0. The van der Waals surface area contributed by atoms with E-state index in [1.807, 2.05) is 0 Å². The Labute approximate surface area is 383 Å². The molecular formula is C45H30O17S5. The van der Waals surface area contributed by atoms with Crippen molar-refractivity contribution in [3.8, 4) is 40.1 Å². The van der Waals surface area contributed by atoms with Crippen LogP contribution in [0.15, 0.2) is 216 Å². The van der Waals surface area contributed by atoms with E-state index >= 15 is 0 Å². The molecule has 22 heteroatoms. The van der Waals surface area contributed by atoms with E-state index in [0.717, 1.165) is 54.6 Å². The van der Waals surface area contributed by atoms with Crippen LogP contribution in [0.1, 0.15) is 0 Å². The molecule has 0 spiro atoms. The van der Waals surface area contributed by atoms with Crippen molar-refractivity contribution in [3.63, 3.8) is 0 Å². The molecule has 0 unspecified atom stereocenters. The Morgan fingerprint density at radius 3 is 1.12 bits per heavy atom. The second-order valence-corrected chi connectivity index (χ2v) is 21.5. The van der Waals surface area contributed by atoms with Crippen LogP contribution in [0.2, 0.25) is 0 Å². The quantitative estimate of drug-likeness (QED) is 0.0861. The normalized spacial score (nSPS) is 12.2. The zero-order valence-electron chi connectivity index (χ0n) is 33.8. The summed E-state index contributed by atoms with van der Waals surface area (Å²) in [6, 6.07) is 37.6. The van der Waals surface area contributed by atoms with Gasteiger partial charge in [-0.15, -0.1) is 0 Å².